The second-order valence-electron chi connectivity index (χ2n) is 10.6. The predicted octanol–water partition coefficient (Wildman–Crippen LogP) is 5.33. The Bertz CT molecular complexity index is 1570. The number of likely N-dealkylation sites (tertiary alicyclic amines) is 1. The molecule has 1 aliphatic rings. The van der Waals surface area contributed by atoms with Crippen LogP contribution in [0.5, 0.6) is 0 Å². The minimum atomic E-state index is -0.682. The molecule has 1 fully saturated rings. The molecule has 188 valence electrons. The molecule has 4 heterocycles. The predicted molar refractivity (Wildman–Crippen MR) is 133 cm³/mol. The van der Waals surface area contributed by atoms with Gasteiger partial charge in [-0.1, -0.05) is 6.92 Å². The zero-order valence-electron chi connectivity index (χ0n) is 20.9. The van der Waals surface area contributed by atoms with Gasteiger partial charge in [0.2, 0.25) is 0 Å². The van der Waals surface area contributed by atoms with Crippen LogP contribution in [0.25, 0.3) is 27.5 Å². The molecule has 2 atom stereocenters. The summed E-state index contributed by atoms with van der Waals surface area (Å²) in [5.74, 6) is -1.22. The molecule has 1 amide bonds. The third-order valence-electron chi connectivity index (χ3n) is 6.53. The molecule has 1 aromatic carbocycles. The van der Waals surface area contributed by atoms with E-state index in [0.29, 0.717) is 35.3 Å². The van der Waals surface area contributed by atoms with Crippen molar-refractivity contribution in [3.05, 3.63) is 70.5 Å². The minimum absolute atomic E-state index is 0.0247. The number of amides is 1. The van der Waals surface area contributed by atoms with Crippen LogP contribution in [0, 0.1) is 24.5 Å². The van der Waals surface area contributed by atoms with Gasteiger partial charge < -0.3 is 18.6 Å². The van der Waals surface area contributed by atoms with Crippen LogP contribution < -0.4 is 5.56 Å². The van der Waals surface area contributed by atoms with Crippen LogP contribution in [-0.2, 0) is 4.74 Å². The Labute approximate surface area is 206 Å². The zero-order valence-corrected chi connectivity index (χ0v) is 20.9. The van der Waals surface area contributed by atoms with Crippen LogP contribution in [0.4, 0.5) is 13.6 Å². The summed E-state index contributed by atoms with van der Waals surface area (Å²) in [5, 5.41) is 0.382. The molecule has 0 unspecified atom stereocenters. The molecule has 5 rings (SSSR count). The number of hydrogen-bond acceptors (Lipinski definition) is 4. The molecule has 0 bridgehead atoms. The molecule has 9 heteroatoms. The van der Waals surface area contributed by atoms with E-state index in [9.17, 15) is 14.0 Å². The molecular weight excluding hydrogens is 466 g/mol. The van der Waals surface area contributed by atoms with Crippen molar-refractivity contribution < 1.29 is 18.3 Å². The average Bonchev–Trinajstić information content (AvgIpc) is 3.35. The number of benzene rings is 1. The smallest absolute Gasteiger partial charge is 0.410 e. The first kappa shape index (κ1) is 24.0. The Balaban J connectivity index is 1.51. The van der Waals surface area contributed by atoms with E-state index in [1.165, 1.54) is 16.7 Å². The van der Waals surface area contributed by atoms with Crippen LogP contribution in [0.1, 0.15) is 39.4 Å². The number of carbonyl (C=O) groups is 1. The van der Waals surface area contributed by atoms with Gasteiger partial charge in [0, 0.05) is 37.2 Å². The highest BCUT2D eigenvalue weighted by atomic mass is 19.1. The van der Waals surface area contributed by atoms with Crippen molar-refractivity contribution in [3.8, 4) is 11.1 Å². The van der Waals surface area contributed by atoms with Gasteiger partial charge in [0.15, 0.2) is 11.5 Å². The highest BCUT2D eigenvalue weighted by Gasteiger charge is 2.36. The number of carbonyl (C=O) groups excluding carboxylic acids is 1. The summed E-state index contributed by atoms with van der Waals surface area (Å²) < 4.78 is 38.5. The summed E-state index contributed by atoms with van der Waals surface area (Å²) >= 11 is 0. The molecule has 4 aromatic rings. The minimum Gasteiger partial charge on any atom is -0.444 e. The highest BCUT2D eigenvalue weighted by Crippen LogP contribution is 2.31. The van der Waals surface area contributed by atoms with Crippen molar-refractivity contribution in [1.82, 2.24) is 18.9 Å². The third-order valence-corrected chi connectivity index (χ3v) is 6.53. The average molecular weight is 495 g/mol. The summed E-state index contributed by atoms with van der Waals surface area (Å²) in [6, 6.07) is 5.62. The second kappa shape index (κ2) is 8.43. The van der Waals surface area contributed by atoms with Crippen LogP contribution >= 0.6 is 0 Å². The first-order valence-corrected chi connectivity index (χ1v) is 11.9. The Hall–Kier alpha value is -3.75. The summed E-state index contributed by atoms with van der Waals surface area (Å²) in [6.45, 7) is 9.86. The first-order valence-electron chi connectivity index (χ1n) is 11.9. The van der Waals surface area contributed by atoms with Crippen LogP contribution in [0.3, 0.4) is 0 Å². The van der Waals surface area contributed by atoms with E-state index in [0.717, 1.165) is 0 Å². The lowest BCUT2D eigenvalue weighted by molar-refractivity contribution is 0.0285. The second-order valence-corrected chi connectivity index (χ2v) is 10.6. The van der Waals surface area contributed by atoms with E-state index < -0.39 is 28.9 Å². The van der Waals surface area contributed by atoms with Gasteiger partial charge in [-0.3, -0.25) is 4.79 Å². The largest absolute Gasteiger partial charge is 0.444 e. The van der Waals surface area contributed by atoms with Gasteiger partial charge in [0.25, 0.3) is 5.56 Å². The van der Waals surface area contributed by atoms with E-state index in [1.54, 1.807) is 67.7 Å². The number of pyridine rings is 2. The van der Waals surface area contributed by atoms with Crippen molar-refractivity contribution in [1.29, 1.82) is 0 Å². The van der Waals surface area contributed by atoms with Gasteiger partial charge in [-0.15, -0.1) is 0 Å². The van der Waals surface area contributed by atoms with E-state index in [2.05, 4.69) is 4.98 Å². The van der Waals surface area contributed by atoms with Gasteiger partial charge in [-0.2, -0.15) is 0 Å². The number of halogens is 2. The Morgan fingerprint density at radius 1 is 1.08 bits per heavy atom. The fourth-order valence-electron chi connectivity index (χ4n) is 4.89. The Morgan fingerprint density at radius 3 is 2.53 bits per heavy atom. The van der Waals surface area contributed by atoms with E-state index in [4.69, 9.17) is 4.74 Å². The fourth-order valence-corrected chi connectivity index (χ4v) is 4.89. The van der Waals surface area contributed by atoms with E-state index in [-0.39, 0.29) is 23.0 Å². The Morgan fingerprint density at radius 2 is 1.81 bits per heavy atom. The molecule has 0 saturated carbocycles. The lowest BCUT2D eigenvalue weighted by Crippen LogP contribution is -2.36. The molecule has 1 aliphatic heterocycles. The number of imidazole rings is 1. The number of fused-ring (bicyclic) bond motifs is 2. The molecule has 0 aliphatic carbocycles. The maximum Gasteiger partial charge on any atom is 0.410 e. The molecule has 1 saturated heterocycles. The molecule has 0 spiro atoms. The van der Waals surface area contributed by atoms with Crippen molar-refractivity contribution in [3.63, 3.8) is 0 Å². The monoisotopic (exact) mass is 494 g/mol. The van der Waals surface area contributed by atoms with Crippen molar-refractivity contribution in [2.24, 2.45) is 5.92 Å². The normalized spacial score (nSPS) is 18.4. The standard InChI is InChI=1S/C27H28F2N4O3/c1-15-11-32(26(35)36-27(3,4)5)14-22(15)33-7-6-17-8-18(9-20(28)23(17)25(33)34)19-10-21(29)24-30-16(2)12-31(24)13-19/h6-10,12-13,15,22H,11,14H2,1-5H3/t15-,22+/m1/s1. The lowest BCUT2D eigenvalue weighted by atomic mass is 10.0. The Kier molecular flexibility index (Phi) is 5.61. The van der Waals surface area contributed by atoms with Crippen LogP contribution in [0.2, 0.25) is 0 Å². The number of rotatable bonds is 2. The number of hydrogen-bond donors (Lipinski definition) is 0. The number of nitrogens with zero attached hydrogens (tertiary/aromatic N) is 4. The number of ether oxygens (including phenoxy) is 1. The van der Waals surface area contributed by atoms with Crippen LogP contribution in [-0.4, -0.2) is 43.6 Å². The van der Waals surface area contributed by atoms with Gasteiger partial charge in [-0.25, -0.2) is 18.6 Å². The summed E-state index contributed by atoms with van der Waals surface area (Å²) in [5.41, 5.74) is 0.707. The summed E-state index contributed by atoms with van der Waals surface area (Å²) in [6.07, 6.45) is 4.59. The fraction of sp³-hybridized carbons (Fsp3) is 0.370. The molecule has 0 radical (unpaired) electrons. The van der Waals surface area contributed by atoms with Gasteiger partial charge in [0.05, 0.1) is 17.1 Å². The number of aromatic nitrogens is 3. The lowest BCUT2D eigenvalue weighted by Gasteiger charge is -2.24. The van der Waals surface area contributed by atoms with E-state index in [1.807, 2.05) is 6.92 Å². The quantitative estimate of drug-likeness (QED) is 0.378. The van der Waals surface area contributed by atoms with Gasteiger partial charge in [-0.05, 0) is 68.8 Å². The first-order chi connectivity index (χ1) is 16.9. The molecule has 3 aromatic heterocycles. The maximum atomic E-state index is 15.4. The molecular formula is C27H28F2N4O3. The third kappa shape index (κ3) is 4.23. The molecule has 36 heavy (non-hydrogen) atoms. The van der Waals surface area contributed by atoms with E-state index >= 15 is 4.39 Å². The van der Waals surface area contributed by atoms with Crippen LogP contribution in [0.15, 0.2) is 47.7 Å². The van der Waals surface area contributed by atoms with Gasteiger partial charge >= 0.3 is 6.09 Å². The van der Waals surface area contributed by atoms with Crippen molar-refractivity contribution in [2.75, 3.05) is 13.1 Å². The topological polar surface area (TPSA) is 68.8 Å². The number of aryl methyl sites for hydroxylation is 1. The molecule has 0 N–H and O–H groups in total. The van der Waals surface area contributed by atoms with Crippen molar-refractivity contribution >= 4 is 22.5 Å². The highest BCUT2D eigenvalue weighted by molar-refractivity contribution is 5.87. The van der Waals surface area contributed by atoms with Gasteiger partial charge in [0.1, 0.15) is 11.4 Å². The summed E-state index contributed by atoms with van der Waals surface area (Å²) in [7, 11) is 0. The summed E-state index contributed by atoms with van der Waals surface area (Å²) in [4.78, 5) is 31.7. The zero-order chi connectivity index (χ0) is 25.9. The molecule has 7 nitrogen and oxygen atoms in total. The SMILES string of the molecule is Cc1cn2cc(-c3cc(F)c4c(=O)n([C@H]5CN(C(=O)OC(C)(C)C)C[C@H]5C)ccc4c3)cc(F)c2n1. The maximum absolute atomic E-state index is 15.4. The van der Waals surface area contributed by atoms with Crippen molar-refractivity contribution in [2.45, 2.75) is 46.3 Å².